The number of hydrogen-bond acceptors (Lipinski definition) is 3. The Bertz CT molecular complexity index is 917. The van der Waals surface area contributed by atoms with E-state index < -0.39 is 17.3 Å². The molecule has 0 saturated heterocycles. The van der Waals surface area contributed by atoms with Crippen LogP contribution in [0.3, 0.4) is 0 Å². The molecule has 0 radical (unpaired) electrons. The Labute approximate surface area is 147 Å². The summed E-state index contributed by atoms with van der Waals surface area (Å²) in [7, 11) is 0. The summed E-state index contributed by atoms with van der Waals surface area (Å²) in [5.74, 6) is 0. The zero-order valence-electron chi connectivity index (χ0n) is 12.8. The van der Waals surface area contributed by atoms with E-state index in [-0.39, 0.29) is 10.7 Å². The Morgan fingerprint density at radius 2 is 1.52 bits per heavy atom. The molecule has 0 unspecified atom stereocenters. The van der Waals surface area contributed by atoms with Crippen molar-refractivity contribution in [3.05, 3.63) is 77.9 Å². The molecule has 2 nitrogen and oxygen atoms in total. The number of benzene rings is 2. The van der Waals surface area contributed by atoms with Crippen LogP contribution in [0.25, 0.3) is 11.3 Å². The van der Waals surface area contributed by atoms with E-state index in [0.29, 0.717) is 10.5 Å². The van der Waals surface area contributed by atoms with E-state index in [2.05, 4.69) is 4.98 Å². The third kappa shape index (κ3) is 3.83. The minimum absolute atomic E-state index is 0.0439. The molecule has 124 valence electrons. The predicted molar refractivity (Wildman–Crippen MR) is 90.0 cm³/mol. The van der Waals surface area contributed by atoms with Gasteiger partial charge in [-0.15, -0.1) is 0 Å². The average Bonchev–Trinajstić information content (AvgIpc) is 2.62. The summed E-state index contributed by atoms with van der Waals surface area (Å²) in [6.45, 7) is 0. The Hall–Kier alpha value is -2.78. The van der Waals surface area contributed by atoms with Crippen molar-refractivity contribution in [2.24, 2.45) is 0 Å². The second kappa shape index (κ2) is 6.99. The molecule has 1 aromatic heterocycles. The van der Waals surface area contributed by atoms with Crippen LogP contribution in [-0.2, 0) is 6.18 Å². The van der Waals surface area contributed by atoms with E-state index in [1.165, 1.54) is 0 Å². The minimum Gasteiger partial charge on any atom is -0.240 e. The molecule has 0 amide bonds. The number of nitrogens with zero attached hydrogens (tertiary/aromatic N) is 2. The van der Waals surface area contributed by atoms with Crippen molar-refractivity contribution in [1.82, 2.24) is 4.98 Å². The summed E-state index contributed by atoms with van der Waals surface area (Å²) in [6, 6.07) is 20.1. The highest BCUT2D eigenvalue weighted by Crippen LogP contribution is 2.39. The highest BCUT2D eigenvalue weighted by Gasteiger charge is 2.36. The van der Waals surface area contributed by atoms with E-state index in [1.54, 1.807) is 60.7 Å². The maximum Gasteiger partial charge on any atom is 0.417 e. The zero-order valence-corrected chi connectivity index (χ0v) is 13.6. The Morgan fingerprint density at radius 1 is 0.920 bits per heavy atom. The first-order chi connectivity index (χ1) is 12.0. The van der Waals surface area contributed by atoms with Crippen molar-refractivity contribution >= 4 is 11.8 Å². The van der Waals surface area contributed by atoms with Crippen molar-refractivity contribution in [3.8, 4) is 17.3 Å². The first-order valence-electron chi connectivity index (χ1n) is 7.29. The van der Waals surface area contributed by atoms with E-state index in [9.17, 15) is 18.4 Å². The van der Waals surface area contributed by atoms with Crippen LogP contribution in [0.2, 0.25) is 0 Å². The van der Waals surface area contributed by atoms with Gasteiger partial charge in [-0.3, -0.25) is 0 Å². The molecule has 0 aliphatic carbocycles. The molecule has 25 heavy (non-hydrogen) atoms. The molecule has 3 rings (SSSR count). The van der Waals surface area contributed by atoms with Crippen LogP contribution >= 0.6 is 11.8 Å². The van der Waals surface area contributed by atoms with Crippen LogP contribution < -0.4 is 0 Å². The van der Waals surface area contributed by atoms with Gasteiger partial charge in [0.15, 0.2) is 0 Å². The fraction of sp³-hybridized carbons (Fsp3) is 0.0526. The number of aromatic nitrogens is 1. The molecule has 2 aromatic carbocycles. The molecule has 0 fully saturated rings. The number of nitriles is 1. The zero-order chi connectivity index (χ0) is 17.9. The second-order valence-electron chi connectivity index (χ2n) is 5.13. The van der Waals surface area contributed by atoms with Gasteiger partial charge >= 0.3 is 6.18 Å². The molecule has 0 N–H and O–H groups in total. The van der Waals surface area contributed by atoms with Crippen LogP contribution in [-0.4, -0.2) is 4.98 Å². The summed E-state index contributed by atoms with van der Waals surface area (Å²) in [5, 5.41) is 9.34. The highest BCUT2D eigenvalue weighted by molar-refractivity contribution is 7.99. The van der Waals surface area contributed by atoms with E-state index in [0.717, 1.165) is 17.8 Å². The lowest BCUT2D eigenvalue weighted by molar-refractivity contribution is -0.138. The molecule has 6 heteroatoms. The van der Waals surface area contributed by atoms with Crippen LogP contribution in [0.15, 0.2) is 76.7 Å². The average molecular weight is 356 g/mol. The Balaban J connectivity index is 2.20. The van der Waals surface area contributed by atoms with Crippen LogP contribution in [0.5, 0.6) is 0 Å². The quantitative estimate of drug-likeness (QED) is 0.596. The van der Waals surface area contributed by atoms with Crippen molar-refractivity contribution in [1.29, 1.82) is 5.26 Å². The van der Waals surface area contributed by atoms with Gasteiger partial charge in [-0.2, -0.15) is 18.4 Å². The van der Waals surface area contributed by atoms with Gasteiger partial charge in [0.1, 0.15) is 11.1 Å². The fourth-order valence-electron chi connectivity index (χ4n) is 2.28. The molecule has 0 saturated carbocycles. The van der Waals surface area contributed by atoms with Gasteiger partial charge in [-0.25, -0.2) is 4.98 Å². The van der Waals surface area contributed by atoms with E-state index in [4.69, 9.17) is 0 Å². The van der Waals surface area contributed by atoms with Gasteiger partial charge in [0.05, 0.1) is 16.8 Å². The van der Waals surface area contributed by atoms with Crippen molar-refractivity contribution in [2.75, 3.05) is 0 Å². The lowest BCUT2D eigenvalue weighted by Gasteiger charge is -2.14. The predicted octanol–water partition coefficient (Wildman–Crippen LogP) is 5.79. The minimum atomic E-state index is -4.64. The molecule has 0 aliphatic heterocycles. The standard InChI is InChI=1S/C19H11F3N2S/c20-19(21,22)16-11-17(13-7-3-1-4-8-13)24-18(15(16)12-23)25-14-9-5-2-6-10-14/h1-11H. The maximum atomic E-state index is 13.5. The number of hydrogen-bond donors (Lipinski definition) is 0. The third-order valence-electron chi connectivity index (χ3n) is 3.43. The fourth-order valence-corrected chi connectivity index (χ4v) is 3.20. The molecule has 0 aliphatic rings. The largest absolute Gasteiger partial charge is 0.417 e. The van der Waals surface area contributed by atoms with Crippen LogP contribution in [0.1, 0.15) is 11.1 Å². The molecular formula is C19H11F3N2S. The topological polar surface area (TPSA) is 36.7 Å². The first-order valence-corrected chi connectivity index (χ1v) is 8.11. The monoisotopic (exact) mass is 356 g/mol. The normalized spacial score (nSPS) is 11.1. The Kier molecular flexibility index (Phi) is 4.77. The van der Waals surface area contributed by atoms with Gasteiger partial charge in [0.25, 0.3) is 0 Å². The molecular weight excluding hydrogens is 345 g/mol. The number of halogens is 3. The number of alkyl halides is 3. The molecule has 3 aromatic rings. The number of rotatable bonds is 3. The maximum absolute atomic E-state index is 13.5. The summed E-state index contributed by atoms with van der Waals surface area (Å²) >= 11 is 1.04. The lowest BCUT2D eigenvalue weighted by atomic mass is 10.1. The van der Waals surface area contributed by atoms with E-state index in [1.807, 2.05) is 6.07 Å². The van der Waals surface area contributed by atoms with Crippen molar-refractivity contribution < 1.29 is 13.2 Å². The summed E-state index contributed by atoms with van der Waals surface area (Å²) in [4.78, 5) is 5.04. The van der Waals surface area contributed by atoms with Gasteiger partial charge < -0.3 is 0 Å². The molecule has 1 heterocycles. The Morgan fingerprint density at radius 3 is 2.08 bits per heavy atom. The molecule has 0 bridgehead atoms. The molecule has 0 spiro atoms. The van der Waals surface area contributed by atoms with Crippen molar-refractivity contribution in [3.63, 3.8) is 0 Å². The smallest absolute Gasteiger partial charge is 0.240 e. The van der Waals surface area contributed by atoms with Gasteiger partial charge in [-0.05, 0) is 18.2 Å². The van der Waals surface area contributed by atoms with Gasteiger partial charge in [0.2, 0.25) is 0 Å². The van der Waals surface area contributed by atoms with Gasteiger partial charge in [-0.1, -0.05) is 60.3 Å². The second-order valence-corrected chi connectivity index (χ2v) is 6.19. The summed E-state index contributed by atoms with van der Waals surface area (Å²) in [6.07, 6.45) is -4.64. The highest BCUT2D eigenvalue weighted by atomic mass is 32.2. The van der Waals surface area contributed by atoms with E-state index >= 15 is 0 Å². The first kappa shape index (κ1) is 17.1. The third-order valence-corrected chi connectivity index (χ3v) is 4.43. The van der Waals surface area contributed by atoms with Crippen molar-refractivity contribution in [2.45, 2.75) is 16.1 Å². The summed E-state index contributed by atoms with van der Waals surface area (Å²) in [5.41, 5.74) is -0.680. The van der Waals surface area contributed by atoms with Gasteiger partial charge in [0, 0.05) is 10.5 Å². The lowest BCUT2D eigenvalue weighted by Crippen LogP contribution is -2.10. The van der Waals surface area contributed by atoms with Crippen LogP contribution in [0, 0.1) is 11.3 Å². The van der Waals surface area contributed by atoms with Crippen LogP contribution in [0.4, 0.5) is 13.2 Å². The SMILES string of the molecule is N#Cc1c(C(F)(F)F)cc(-c2ccccc2)nc1Sc1ccccc1. The number of pyridine rings is 1. The molecule has 0 atom stereocenters. The summed E-state index contributed by atoms with van der Waals surface area (Å²) < 4.78 is 40.4.